The lowest BCUT2D eigenvalue weighted by Crippen LogP contribution is -1.96. The van der Waals surface area contributed by atoms with Gasteiger partial charge in [-0.25, -0.2) is 9.37 Å². The Morgan fingerprint density at radius 1 is 0.957 bits per heavy atom. The van der Waals surface area contributed by atoms with E-state index in [-0.39, 0.29) is 5.82 Å². The Bertz CT molecular complexity index is 968. The van der Waals surface area contributed by atoms with Crippen molar-refractivity contribution in [1.29, 1.82) is 0 Å². The van der Waals surface area contributed by atoms with E-state index in [4.69, 9.17) is 0 Å². The second-order valence-electron chi connectivity index (χ2n) is 4.97. The van der Waals surface area contributed by atoms with Crippen LogP contribution in [-0.4, -0.2) is 24.1 Å². The maximum Gasteiger partial charge on any atom is 0.255 e. The van der Waals surface area contributed by atoms with Gasteiger partial charge in [0.25, 0.3) is 11.7 Å². The molecule has 0 aliphatic rings. The smallest absolute Gasteiger partial charge is 0.255 e. The third-order valence-corrected chi connectivity index (χ3v) is 3.41. The van der Waals surface area contributed by atoms with E-state index in [9.17, 15) is 4.39 Å². The average Bonchev–Trinajstić information content (AvgIpc) is 3.23. The first-order valence-corrected chi connectivity index (χ1v) is 7.08. The largest absolute Gasteiger partial charge is 0.291 e. The number of rotatable bonds is 3. The molecule has 0 saturated heterocycles. The lowest BCUT2D eigenvalue weighted by atomic mass is 10.2. The molecule has 3 heterocycles. The molecule has 6 heteroatoms. The van der Waals surface area contributed by atoms with Gasteiger partial charge in [0.05, 0.1) is 5.69 Å². The normalized spacial score (nSPS) is 11.5. The quantitative estimate of drug-likeness (QED) is 0.584. The molecule has 0 spiro atoms. The highest BCUT2D eigenvalue weighted by atomic mass is 19.1. The molecule has 0 N–H and O–H groups in total. The number of hydrogen-bond donors (Lipinski definition) is 0. The fourth-order valence-corrected chi connectivity index (χ4v) is 2.26. The van der Waals surface area contributed by atoms with E-state index in [0.29, 0.717) is 11.7 Å². The second-order valence-corrected chi connectivity index (χ2v) is 4.97. The van der Waals surface area contributed by atoms with Crippen LogP contribution in [0.3, 0.4) is 0 Å². The molecule has 3 aromatic heterocycles. The molecule has 23 heavy (non-hydrogen) atoms. The van der Waals surface area contributed by atoms with Gasteiger partial charge in [-0.3, -0.25) is 4.57 Å². The van der Waals surface area contributed by atoms with Crippen molar-refractivity contribution in [1.82, 2.24) is 24.1 Å². The molecule has 112 valence electrons. The van der Waals surface area contributed by atoms with E-state index in [1.807, 2.05) is 47.3 Å². The van der Waals surface area contributed by atoms with Crippen LogP contribution < -0.4 is 0 Å². The molecule has 0 unspecified atom stereocenters. The molecule has 0 atom stereocenters. The predicted molar refractivity (Wildman–Crippen MR) is 85.4 cm³/mol. The lowest BCUT2D eigenvalue weighted by molar-refractivity contribution is 0.628. The summed E-state index contributed by atoms with van der Waals surface area (Å²) < 4.78 is 16.4. The number of benzene rings is 1. The van der Waals surface area contributed by atoms with E-state index in [1.165, 1.54) is 12.1 Å². The molecular weight excluding hydrogens is 293 g/mol. The Morgan fingerprint density at radius 3 is 2.52 bits per heavy atom. The fourth-order valence-electron chi connectivity index (χ4n) is 2.26. The maximum absolute atomic E-state index is 12.9. The lowest BCUT2D eigenvalue weighted by Gasteiger charge is -1.97. The third kappa shape index (κ3) is 2.62. The zero-order valence-electron chi connectivity index (χ0n) is 12.0. The fraction of sp³-hybridized carbons (Fsp3) is 0. The number of halogens is 1. The van der Waals surface area contributed by atoms with Crippen LogP contribution in [0.4, 0.5) is 4.39 Å². The minimum atomic E-state index is -0.249. The Morgan fingerprint density at radius 2 is 1.74 bits per heavy atom. The second kappa shape index (κ2) is 5.49. The van der Waals surface area contributed by atoms with Gasteiger partial charge in [-0.15, -0.1) is 5.10 Å². The van der Waals surface area contributed by atoms with Crippen molar-refractivity contribution in [2.45, 2.75) is 0 Å². The Balaban J connectivity index is 1.73. The number of nitrogens with zero attached hydrogens (tertiary/aromatic N) is 5. The van der Waals surface area contributed by atoms with Crippen molar-refractivity contribution in [2.24, 2.45) is 0 Å². The van der Waals surface area contributed by atoms with Crippen molar-refractivity contribution >= 4 is 17.9 Å². The van der Waals surface area contributed by atoms with Gasteiger partial charge in [-0.2, -0.15) is 9.50 Å². The molecular formula is C17H12FN5. The molecule has 4 aromatic rings. The van der Waals surface area contributed by atoms with Gasteiger partial charge in [0.15, 0.2) is 0 Å². The predicted octanol–water partition coefficient (Wildman–Crippen LogP) is 3.22. The van der Waals surface area contributed by atoms with E-state index in [2.05, 4.69) is 15.1 Å². The highest BCUT2D eigenvalue weighted by Gasteiger charge is 2.07. The topological polar surface area (TPSA) is 48.0 Å². The maximum atomic E-state index is 12.9. The Labute approximate surface area is 131 Å². The van der Waals surface area contributed by atoms with Gasteiger partial charge in [-0.1, -0.05) is 18.2 Å². The minimum Gasteiger partial charge on any atom is -0.291 e. The zero-order valence-corrected chi connectivity index (χ0v) is 12.0. The van der Waals surface area contributed by atoms with E-state index >= 15 is 0 Å². The zero-order chi connectivity index (χ0) is 15.6. The molecule has 0 aliphatic carbocycles. The summed E-state index contributed by atoms with van der Waals surface area (Å²) in [6.45, 7) is 0. The van der Waals surface area contributed by atoms with Crippen molar-refractivity contribution in [3.63, 3.8) is 0 Å². The first kappa shape index (κ1) is 13.4. The van der Waals surface area contributed by atoms with Gasteiger partial charge in [0, 0.05) is 18.6 Å². The van der Waals surface area contributed by atoms with Crippen molar-refractivity contribution in [3.05, 3.63) is 78.1 Å². The van der Waals surface area contributed by atoms with E-state index in [0.717, 1.165) is 11.3 Å². The number of aromatic nitrogens is 5. The summed E-state index contributed by atoms with van der Waals surface area (Å²) in [4.78, 5) is 8.63. The minimum absolute atomic E-state index is 0.249. The molecule has 0 bridgehead atoms. The molecule has 1 aromatic carbocycles. The highest BCUT2D eigenvalue weighted by molar-refractivity contribution is 5.68. The molecule has 5 nitrogen and oxygen atoms in total. The Kier molecular flexibility index (Phi) is 3.20. The molecule has 4 rings (SSSR count). The standard InChI is InChI=1S/C17H12FN5/c18-14-6-3-13(4-7-14)5-8-15-9-10-19-16-20-17(21-23(15)16)22-11-1-2-12-22/h1-12H/b8-5+. The number of hydrogen-bond acceptors (Lipinski definition) is 3. The van der Waals surface area contributed by atoms with Crippen LogP contribution >= 0.6 is 0 Å². The average molecular weight is 305 g/mol. The third-order valence-electron chi connectivity index (χ3n) is 3.41. The Hall–Kier alpha value is -3.28. The number of fused-ring (bicyclic) bond motifs is 1. The SMILES string of the molecule is Fc1ccc(/C=C/c2ccnc3nc(-n4cccc4)nn23)cc1. The summed E-state index contributed by atoms with van der Waals surface area (Å²) in [7, 11) is 0. The summed E-state index contributed by atoms with van der Waals surface area (Å²) in [5.74, 6) is 0.834. The summed E-state index contributed by atoms with van der Waals surface area (Å²) in [5.41, 5.74) is 1.74. The van der Waals surface area contributed by atoms with Gasteiger partial charge >= 0.3 is 0 Å². The van der Waals surface area contributed by atoms with Gasteiger partial charge in [0.1, 0.15) is 5.82 Å². The van der Waals surface area contributed by atoms with Crippen LogP contribution in [0.15, 0.2) is 61.1 Å². The van der Waals surface area contributed by atoms with Crippen LogP contribution in [0.5, 0.6) is 0 Å². The summed E-state index contributed by atoms with van der Waals surface area (Å²) in [6, 6.07) is 12.0. The van der Waals surface area contributed by atoms with Gasteiger partial charge < -0.3 is 0 Å². The van der Waals surface area contributed by atoms with Crippen LogP contribution in [0.25, 0.3) is 23.9 Å². The summed E-state index contributed by atoms with van der Waals surface area (Å²) in [6.07, 6.45) is 9.24. The van der Waals surface area contributed by atoms with Crippen LogP contribution in [0.1, 0.15) is 11.3 Å². The first-order valence-electron chi connectivity index (χ1n) is 7.08. The molecule has 0 amide bonds. The molecule has 0 aliphatic heterocycles. The molecule has 0 saturated carbocycles. The van der Waals surface area contributed by atoms with Crippen molar-refractivity contribution in [3.8, 4) is 5.95 Å². The van der Waals surface area contributed by atoms with Crippen molar-refractivity contribution < 1.29 is 4.39 Å². The molecule has 0 fully saturated rings. The van der Waals surface area contributed by atoms with Crippen LogP contribution in [0, 0.1) is 5.82 Å². The highest BCUT2D eigenvalue weighted by Crippen LogP contribution is 2.11. The first-order chi connectivity index (χ1) is 11.3. The monoisotopic (exact) mass is 305 g/mol. The van der Waals surface area contributed by atoms with E-state index < -0.39 is 0 Å². The van der Waals surface area contributed by atoms with Gasteiger partial charge in [-0.05, 0) is 42.0 Å². The van der Waals surface area contributed by atoms with Crippen molar-refractivity contribution in [2.75, 3.05) is 0 Å². The van der Waals surface area contributed by atoms with Gasteiger partial charge in [0.2, 0.25) is 0 Å². The van der Waals surface area contributed by atoms with Crippen LogP contribution in [0.2, 0.25) is 0 Å². The summed E-state index contributed by atoms with van der Waals surface area (Å²) >= 11 is 0. The van der Waals surface area contributed by atoms with E-state index in [1.54, 1.807) is 22.8 Å². The molecule has 0 radical (unpaired) electrons. The summed E-state index contributed by atoms with van der Waals surface area (Å²) in [5, 5.41) is 4.48. The van der Waals surface area contributed by atoms with Crippen LogP contribution in [-0.2, 0) is 0 Å².